The molecule has 106 valence electrons. The number of anilines is 1. The van der Waals surface area contributed by atoms with Gasteiger partial charge in [-0.2, -0.15) is 0 Å². The second-order valence-corrected chi connectivity index (χ2v) is 6.00. The normalized spacial score (nSPS) is 19.9. The lowest BCUT2D eigenvalue weighted by molar-refractivity contribution is 0.198. The van der Waals surface area contributed by atoms with Crippen molar-refractivity contribution in [1.29, 1.82) is 0 Å². The standard InChI is InChI=1S/C15H20N4S/c1-16-15-7-12(4-5-17-15)13-3-2-6-19(8-13)9-14-10-20-11-18-14/h4-5,7,10-11,13H,2-3,6,8-9H2,1H3,(H,16,17). The zero-order chi connectivity index (χ0) is 13.8. The lowest BCUT2D eigenvalue weighted by Gasteiger charge is -2.32. The fourth-order valence-electron chi connectivity index (χ4n) is 2.85. The van der Waals surface area contributed by atoms with E-state index in [-0.39, 0.29) is 0 Å². The Morgan fingerprint density at radius 1 is 1.45 bits per heavy atom. The molecule has 0 radical (unpaired) electrons. The van der Waals surface area contributed by atoms with E-state index in [1.165, 1.54) is 30.6 Å². The zero-order valence-corrected chi connectivity index (χ0v) is 12.6. The van der Waals surface area contributed by atoms with E-state index in [9.17, 15) is 0 Å². The third-order valence-corrected chi connectivity index (χ3v) is 4.52. The minimum atomic E-state index is 0.609. The molecule has 1 aliphatic rings. The number of thiazole rings is 1. The summed E-state index contributed by atoms with van der Waals surface area (Å²) < 4.78 is 0. The maximum atomic E-state index is 4.39. The van der Waals surface area contributed by atoms with Crippen LogP contribution in [-0.2, 0) is 6.54 Å². The third kappa shape index (κ3) is 3.16. The second-order valence-electron chi connectivity index (χ2n) is 5.28. The molecule has 1 atom stereocenters. The predicted molar refractivity (Wildman–Crippen MR) is 83.1 cm³/mol. The van der Waals surface area contributed by atoms with Crippen LogP contribution in [0.1, 0.15) is 30.0 Å². The number of pyridine rings is 1. The highest BCUT2D eigenvalue weighted by atomic mass is 32.1. The topological polar surface area (TPSA) is 41.0 Å². The minimum Gasteiger partial charge on any atom is -0.373 e. The molecule has 1 N–H and O–H groups in total. The Bertz CT molecular complexity index is 541. The summed E-state index contributed by atoms with van der Waals surface area (Å²) in [5.74, 6) is 1.57. The van der Waals surface area contributed by atoms with E-state index in [4.69, 9.17) is 0 Å². The second kappa shape index (κ2) is 6.33. The summed E-state index contributed by atoms with van der Waals surface area (Å²) in [6.07, 6.45) is 4.42. The molecule has 2 aromatic rings. The summed E-state index contributed by atoms with van der Waals surface area (Å²) in [4.78, 5) is 11.2. The number of nitrogens with zero attached hydrogens (tertiary/aromatic N) is 3. The summed E-state index contributed by atoms with van der Waals surface area (Å²) in [5.41, 5.74) is 4.51. The van der Waals surface area contributed by atoms with E-state index in [0.717, 1.165) is 18.9 Å². The molecule has 3 rings (SSSR count). The molecular formula is C15H20N4S. The number of nitrogens with one attached hydrogen (secondary N) is 1. The van der Waals surface area contributed by atoms with Crippen LogP contribution in [0.3, 0.4) is 0 Å². The van der Waals surface area contributed by atoms with Crippen LogP contribution in [0.15, 0.2) is 29.2 Å². The van der Waals surface area contributed by atoms with E-state index in [0.29, 0.717) is 5.92 Å². The van der Waals surface area contributed by atoms with Crippen molar-refractivity contribution in [1.82, 2.24) is 14.9 Å². The molecule has 1 saturated heterocycles. The fourth-order valence-corrected chi connectivity index (χ4v) is 3.40. The van der Waals surface area contributed by atoms with Gasteiger partial charge in [0.15, 0.2) is 0 Å². The summed E-state index contributed by atoms with van der Waals surface area (Å²) in [6.45, 7) is 3.27. The van der Waals surface area contributed by atoms with Gasteiger partial charge < -0.3 is 5.32 Å². The molecule has 1 aliphatic heterocycles. The quantitative estimate of drug-likeness (QED) is 0.939. The van der Waals surface area contributed by atoms with Crippen LogP contribution < -0.4 is 5.32 Å². The summed E-state index contributed by atoms with van der Waals surface area (Å²) in [5, 5.41) is 5.27. The van der Waals surface area contributed by atoms with Crippen LogP contribution in [0.5, 0.6) is 0 Å². The molecule has 0 aromatic carbocycles. The molecule has 20 heavy (non-hydrogen) atoms. The van der Waals surface area contributed by atoms with Crippen LogP contribution in [0.4, 0.5) is 5.82 Å². The van der Waals surface area contributed by atoms with Crippen LogP contribution in [0.2, 0.25) is 0 Å². The molecule has 0 saturated carbocycles. The van der Waals surface area contributed by atoms with Gasteiger partial charge in [0.2, 0.25) is 0 Å². The largest absolute Gasteiger partial charge is 0.373 e. The molecular weight excluding hydrogens is 268 g/mol. The molecule has 0 amide bonds. The van der Waals surface area contributed by atoms with E-state index in [2.05, 4.69) is 37.7 Å². The van der Waals surface area contributed by atoms with Crippen molar-refractivity contribution in [2.75, 3.05) is 25.5 Å². The van der Waals surface area contributed by atoms with Gasteiger partial charge in [-0.05, 0) is 43.0 Å². The van der Waals surface area contributed by atoms with Crippen molar-refractivity contribution in [3.05, 3.63) is 40.5 Å². The molecule has 0 spiro atoms. The Kier molecular flexibility index (Phi) is 4.28. The van der Waals surface area contributed by atoms with Gasteiger partial charge in [0.05, 0.1) is 11.2 Å². The molecule has 4 nitrogen and oxygen atoms in total. The first kappa shape index (κ1) is 13.5. The van der Waals surface area contributed by atoms with Crippen LogP contribution >= 0.6 is 11.3 Å². The Balaban J connectivity index is 1.68. The Morgan fingerprint density at radius 2 is 2.40 bits per heavy atom. The average Bonchev–Trinajstić information content (AvgIpc) is 3.00. The van der Waals surface area contributed by atoms with Crippen molar-refractivity contribution < 1.29 is 0 Å². The predicted octanol–water partition coefficient (Wildman–Crippen LogP) is 2.96. The molecule has 5 heteroatoms. The number of hydrogen-bond donors (Lipinski definition) is 1. The van der Waals surface area contributed by atoms with Crippen molar-refractivity contribution in [2.24, 2.45) is 0 Å². The van der Waals surface area contributed by atoms with Crippen LogP contribution in [-0.4, -0.2) is 35.0 Å². The van der Waals surface area contributed by atoms with Gasteiger partial charge in [0.25, 0.3) is 0 Å². The van der Waals surface area contributed by atoms with E-state index >= 15 is 0 Å². The molecule has 2 aromatic heterocycles. The molecule has 0 aliphatic carbocycles. The Morgan fingerprint density at radius 3 is 3.20 bits per heavy atom. The number of rotatable bonds is 4. The monoisotopic (exact) mass is 288 g/mol. The van der Waals surface area contributed by atoms with E-state index < -0.39 is 0 Å². The highest BCUT2D eigenvalue weighted by molar-refractivity contribution is 7.07. The highest BCUT2D eigenvalue weighted by Crippen LogP contribution is 2.28. The van der Waals surface area contributed by atoms with Crippen molar-refractivity contribution in [3.63, 3.8) is 0 Å². The smallest absolute Gasteiger partial charge is 0.125 e. The first-order valence-electron chi connectivity index (χ1n) is 7.08. The van der Waals surface area contributed by atoms with Crippen molar-refractivity contribution in [3.8, 4) is 0 Å². The van der Waals surface area contributed by atoms with Gasteiger partial charge in [-0.25, -0.2) is 9.97 Å². The summed E-state index contributed by atoms with van der Waals surface area (Å²) in [7, 11) is 1.92. The molecule has 3 heterocycles. The van der Waals surface area contributed by atoms with Crippen LogP contribution in [0, 0.1) is 0 Å². The van der Waals surface area contributed by atoms with Crippen LogP contribution in [0.25, 0.3) is 0 Å². The van der Waals surface area contributed by atoms with Gasteiger partial charge in [0.1, 0.15) is 5.82 Å². The molecule has 0 bridgehead atoms. The van der Waals surface area contributed by atoms with Gasteiger partial charge >= 0.3 is 0 Å². The Hall–Kier alpha value is -1.46. The maximum Gasteiger partial charge on any atom is 0.125 e. The number of hydrogen-bond acceptors (Lipinski definition) is 5. The van der Waals surface area contributed by atoms with Gasteiger partial charge in [-0.3, -0.25) is 4.90 Å². The first-order chi connectivity index (χ1) is 9.85. The van der Waals surface area contributed by atoms with E-state index in [1.54, 1.807) is 11.3 Å². The highest BCUT2D eigenvalue weighted by Gasteiger charge is 2.22. The molecule has 1 fully saturated rings. The van der Waals surface area contributed by atoms with Crippen molar-refractivity contribution >= 4 is 17.2 Å². The third-order valence-electron chi connectivity index (χ3n) is 3.89. The van der Waals surface area contributed by atoms with Crippen molar-refractivity contribution in [2.45, 2.75) is 25.3 Å². The lowest BCUT2D eigenvalue weighted by atomic mass is 9.91. The van der Waals surface area contributed by atoms with E-state index in [1.807, 2.05) is 18.8 Å². The first-order valence-corrected chi connectivity index (χ1v) is 8.02. The van der Waals surface area contributed by atoms with Gasteiger partial charge in [-0.1, -0.05) is 0 Å². The Labute approximate surface area is 123 Å². The van der Waals surface area contributed by atoms with Gasteiger partial charge in [-0.15, -0.1) is 11.3 Å². The number of piperidine rings is 1. The maximum absolute atomic E-state index is 4.39. The molecule has 1 unspecified atom stereocenters. The zero-order valence-electron chi connectivity index (χ0n) is 11.7. The summed E-state index contributed by atoms with van der Waals surface area (Å²) >= 11 is 1.68. The fraction of sp³-hybridized carbons (Fsp3) is 0.467. The lowest BCUT2D eigenvalue weighted by Crippen LogP contribution is -2.34. The number of likely N-dealkylation sites (tertiary alicyclic amines) is 1. The van der Waals surface area contributed by atoms with Gasteiger partial charge in [0, 0.05) is 31.7 Å². The average molecular weight is 288 g/mol. The summed E-state index contributed by atoms with van der Waals surface area (Å²) in [6, 6.07) is 4.33. The number of aromatic nitrogens is 2. The SMILES string of the molecule is CNc1cc(C2CCCN(Cc3cscn3)C2)ccn1. The minimum absolute atomic E-state index is 0.609.